The molecule has 28 heavy (non-hydrogen) atoms. The van der Waals surface area contributed by atoms with Crippen molar-refractivity contribution < 1.29 is 19.1 Å². The van der Waals surface area contributed by atoms with Crippen molar-refractivity contribution in [2.24, 2.45) is 0 Å². The topological polar surface area (TPSA) is 52.6 Å². The van der Waals surface area contributed by atoms with Crippen molar-refractivity contribution in [1.82, 2.24) is 0 Å². The molecule has 1 aromatic rings. The highest BCUT2D eigenvalue weighted by atomic mass is 16.5. The molecular weight excluding hydrogens is 352 g/mol. The first kappa shape index (κ1) is 24.2. The monoisotopic (exact) mass is 390 g/mol. The van der Waals surface area contributed by atoms with Gasteiger partial charge >= 0.3 is 11.9 Å². The maximum absolute atomic E-state index is 11.7. The van der Waals surface area contributed by atoms with Gasteiger partial charge in [-0.1, -0.05) is 75.8 Å². The van der Waals surface area contributed by atoms with Crippen LogP contribution in [0.3, 0.4) is 0 Å². The lowest BCUT2D eigenvalue weighted by molar-refractivity contribution is -0.144. The van der Waals surface area contributed by atoms with Crippen molar-refractivity contribution in [2.45, 2.75) is 90.4 Å². The number of carbonyl (C=O) groups excluding carboxylic acids is 2. The van der Waals surface area contributed by atoms with Gasteiger partial charge in [0.05, 0.1) is 13.2 Å². The molecule has 0 atom stereocenters. The van der Waals surface area contributed by atoms with Crippen LogP contribution in [0.25, 0.3) is 0 Å². The molecule has 0 aliphatic heterocycles. The van der Waals surface area contributed by atoms with E-state index in [1.54, 1.807) is 0 Å². The molecule has 1 aromatic carbocycles. The van der Waals surface area contributed by atoms with Crippen molar-refractivity contribution in [3.05, 3.63) is 35.9 Å². The fraction of sp³-hybridized carbons (Fsp3) is 0.667. The summed E-state index contributed by atoms with van der Waals surface area (Å²) >= 11 is 0. The molecule has 0 spiro atoms. The van der Waals surface area contributed by atoms with Crippen LogP contribution in [-0.2, 0) is 25.5 Å². The second-order valence-electron chi connectivity index (χ2n) is 7.36. The molecule has 4 nitrogen and oxygen atoms in total. The van der Waals surface area contributed by atoms with Gasteiger partial charge in [-0.25, -0.2) is 0 Å². The van der Waals surface area contributed by atoms with Gasteiger partial charge in [0, 0.05) is 12.8 Å². The average molecular weight is 391 g/mol. The minimum Gasteiger partial charge on any atom is -0.466 e. The Morgan fingerprint density at radius 2 is 1.21 bits per heavy atom. The number of aryl methyl sites for hydroxylation is 1. The summed E-state index contributed by atoms with van der Waals surface area (Å²) in [5.41, 5.74) is 1.27. The van der Waals surface area contributed by atoms with E-state index in [1.165, 1.54) is 31.2 Å². The smallest absolute Gasteiger partial charge is 0.305 e. The summed E-state index contributed by atoms with van der Waals surface area (Å²) in [5, 5.41) is 0. The van der Waals surface area contributed by atoms with Gasteiger partial charge in [-0.15, -0.1) is 0 Å². The summed E-state index contributed by atoms with van der Waals surface area (Å²) in [6.45, 7) is 3.22. The highest BCUT2D eigenvalue weighted by Crippen LogP contribution is 2.08. The summed E-state index contributed by atoms with van der Waals surface area (Å²) in [6, 6.07) is 10.2. The number of unbranched alkanes of at least 4 members (excludes halogenated alkanes) is 7. The second-order valence-corrected chi connectivity index (χ2v) is 7.36. The van der Waals surface area contributed by atoms with Gasteiger partial charge in [0.1, 0.15) is 0 Å². The number of hydrogen-bond acceptors (Lipinski definition) is 4. The van der Waals surface area contributed by atoms with Crippen molar-refractivity contribution in [2.75, 3.05) is 13.2 Å². The van der Waals surface area contributed by atoms with Gasteiger partial charge in [0.25, 0.3) is 0 Å². The van der Waals surface area contributed by atoms with E-state index >= 15 is 0 Å². The fourth-order valence-corrected chi connectivity index (χ4v) is 3.04. The van der Waals surface area contributed by atoms with Crippen LogP contribution in [0.15, 0.2) is 30.3 Å². The fourth-order valence-electron chi connectivity index (χ4n) is 3.04. The van der Waals surface area contributed by atoms with E-state index in [2.05, 4.69) is 19.1 Å². The Balaban J connectivity index is 1.86. The summed E-state index contributed by atoms with van der Waals surface area (Å²) in [6.07, 6.45) is 12.2. The van der Waals surface area contributed by atoms with Gasteiger partial charge in [-0.2, -0.15) is 0 Å². The summed E-state index contributed by atoms with van der Waals surface area (Å²) in [5.74, 6) is -0.254. The van der Waals surface area contributed by atoms with E-state index in [0.717, 1.165) is 44.9 Å². The maximum atomic E-state index is 11.7. The van der Waals surface area contributed by atoms with E-state index in [0.29, 0.717) is 26.1 Å². The summed E-state index contributed by atoms with van der Waals surface area (Å²) in [7, 11) is 0. The number of esters is 2. The molecule has 0 aliphatic carbocycles. The largest absolute Gasteiger partial charge is 0.466 e. The van der Waals surface area contributed by atoms with Gasteiger partial charge in [0.2, 0.25) is 0 Å². The van der Waals surface area contributed by atoms with E-state index in [1.807, 2.05) is 18.2 Å². The lowest BCUT2D eigenvalue weighted by atomic mass is 10.1. The van der Waals surface area contributed by atoms with Crippen LogP contribution in [0.4, 0.5) is 0 Å². The van der Waals surface area contributed by atoms with Crippen molar-refractivity contribution in [3.63, 3.8) is 0 Å². The predicted octanol–water partition coefficient (Wildman–Crippen LogP) is 6.02. The second kappa shape index (κ2) is 17.3. The van der Waals surface area contributed by atoms with Crippen LogP contribution in [0, 0.1) is 0 Å². The van der Waals surface area contributed by atoms with Crippen LogP contribution < -0.4 is 0 Å². The SMILES string of the molecule is CCCCCCCCOC(=O)CCCCCC(=O)OCCCc1ccccc1. The number of ether oxygens (including phenoxy) is 2. The zero-order valence-electron chi connectivity index (χ0n) is 17.6. The Hall–Kier alpha value is -1.84. The predicted molar refractivity (Wildman–Crippen MR) is 113 cm³/mol. The van der Waals surface area contributed by atoms with Crippen LogP contribution >= 0.6 is 0 Å². The lowest BCUT2D eigenvalue weighted by Gasteiger charge is -2.06. The molecule has 0 heterocycles. The minimum absolute atomic E-state index is 0.114. The zero-order chi connectivity index (χ0) is 20.3. The minimum atomic E-state index is -0.140. The normalized spacial score (nSPS) is 10.6. The Morgan fingerprint density at radius 1 is 0.679 bits per heavy atom. The molecule has 1 rings (SSSR count). The molecular formula is C24H38O4. The van der Waals surface area contributed by atoms with Crippen molar-refractivity contribution >= 4 is 11.9 Å². The Kier molecular flexibility index (Phi) is 14.9. The molecule has 0 aromatic heterocycles. The van der Waals surface area contributed by atoms with Crippen LogP contribution in [-0.4, -0.2) is 25.2 Å². The molecule has 0 fully saturated rings. The number of hydrogen-bond donors (Lipinski definition) is 0. The lowest BCUT2D eigenvalue weighted by Crippen LogP contribution is -2.07. The first-order valence-electron chi connectivity index (χ1n) is 11.1. The summed E-state index contributed by atoms with van der Waals surface area (Å²) < 4.78 is 10.5. The van der Waals surface area contributed by atoms with Crippen molar-refractivity contribution in [1.29, 1.82) is 0 Å². The highest BCUT2D eigenvalue weighted by molar-refractivity contribution is 5.69. The van der Waals surface area contributed by atoms with Crippen LogP contribution in [0.5, 0.6) is 0 Å². The quantitative estimate of drug-likeness (QED) is 0.241. The standard InChI is InChI=1S/C24H38O4/c1-2-3-4-5-6-13-20-27-23(25)18-11-8-12-19-24(26)28-21-14-17-22-15-9-7-10-16-22/h7,9-10,15-16H,2-6,8,11-14,17-21H2,1H3. The third-order valence-corrected chi connectivity index (χ3v) is 4.74. The Labute approximate surface area is 171 Å². The number of benzene rings is 1. The molecule has 0 aliphatic rings. The third kappa shape index (κ3) is 14.2. The van der Waals surface area contributed by atoms with E-state index in [-0.39, 0.29) is 11.9 Å². The molecule has 0 saturated carbocycles. The van der Waals surface area contributed by atoms with Gasteiger partial charge in [-0.3, -0.25) is 9.59 Å². The number of carbonyl (C=O) groups is 2. The molecule has 0 saturated heterocycles. The van der Waals surface area contributed by atoms with Gasteiger partial charge in [-0.05, 0) is 37.7 Å². The third-order valence-electron chi connectivity index (χ3n) is 4.74. The van der Waals surface area contributed by atoms with Gasteiger partial charge < -0.3 is 9.47 Å². The number of rotatable bonds is 17. The molecule has 0 amide bonds. The molecule has 4 heteroatoms. The maximum Gasteiger partial charge on any atom is 0.305 e. The Morgan fingerprint density at radius 3 is 1.86 bits per heavy atom. The first-order valence-corrected chi connectivity index (χ1v) is 11.1. The molecule has 0 radical (unpaired) electrons. The van der Waals surface area contributed by atoms with Crippen LogP contribution in [0.2, 0.25) is 0 Å². The van der Waals surface area contributed by atoms with Crippen molar-refractivity contribution in [3.8, 4) is 0 Å². The van der Waals surface area contributed by atoms with E-state index < -0.39 is 0 Å². The Bertz CT molecular complexity index is 513. The van der Waals surface area contributed by atoms with E-state index in [4.69, 9.17) is 9.47 Å². The molecule has 158 valence electrons. The first-order chi connectivity index (χ1) is 13.7. The zero-order valence-corrected chi connectivity index (χ0v) is 17.6. The summed E-state index contributed by atoms with van der Waals surface area (Å²) in [4.78, 5) is 23.4. The van der Waals surface area contributed by atoms with E-state index in [9.17, 15) is 9.59 Å². The van der Waals surface area contributed by atoms with Gasteiger partial charge in [0.15, 0.2) is 0 Å². The molecule has 0 bridgehead atoms. The molecule has 0 N–H and O–H groups in total. The van der Waals surface area contributed by atoms with Crippen LogP contribution in [0.1, 0.15) is 89.5 Å². The highest BCUT2D eigenvalue weighted by Gasteiger charge is 2.05. The average Bonchev–Trinajstić information content (AvgIpc) is 2.71. The molecule has 0 unspecified atom stereocenters.